The minimum absolute atomic E-state index is 0.372. The second kappa shape index (κ2) is 8.14. The van der Waals surface area contributed by atoms with Crippen molar-refractivity contribution in [1.82, 2.24) is 0 Å². The van der Waals surface area contributed by atoms with Gasteiger partial charge in [0.25, 0.3) is 0 Å². The monoisotopic (exact) mass is 334 g/mol. The van der Waals surface area contributed by atoms with Crippen molar-refractivity contribution in [2.45, 2.75) is 20.5 Å². The number of para-hydroxylation sites is 1. The minimum atomic E-state index is -0.711. The van der Waals surface area contributed by atoms with Gasteiger partial charge in [-0.3, -0.25) is 0 Å². The summed E-state index contributed by atoms with van der Waals surface area (Å²) in [5.74, 6) is 1.54. The predicted molar refractivity (Wildman–Crippen MR) is 91.4 cm³/mol. The summed E-state index contributed by atoms with van der Waals surface area (Å²) in [4.78, 5) is 0. The first-order valence-electron chi connectivity index (χ1n) is 7.38. The van der Waals surface area contributed by atoms with E-state index in [1.807, 2.05) is 68.4 Å². The molecule has 0 fully saturated rings. The van der Waals surface area contributed by atoms with Gasteiger partial charge in [-0.15, -0.1) is 0 Å². The van der Waals surface area contributed by atoms with Crippen LogP contribution in [0.3, 0.4) is 0 Å². The maximum Gasteiger partial charge on any atom is 0.185 e. The number of hydrogen-bond donors (Lipinski definition) is 0. The Hall–Kier alpha value is -1.84. The maximum atomic E-state index is 12.8. The normalized spacial score (nSPS) is 12.3. The Morgan fingerprint density at radius 1 is 1.09 bits per heavy atom. The van der Waals surface area contributed by atoms with Crippen LogP contribution in [0.4, 0.5) is 4.39 Å². The summed E-state index contributed by atoms with van der Waals surface area (Å²) in [6.07, 6.45) is 1.35. The van der Waals surface area contributed by atoms with Crippen LogP contribution in [0.25, 0.3) is 0 Å². The Balaban J connectivity index is 1.92. The van der Waals surface area contributed by atoms with Gasteiger partial charge in [-0.05, 0) is 35.9 Å². The SMILES string of the molecule is CC(C)(/C=C(/F)Cl)COCc1cccc(Oc2ccccc2)c1. The van der Waals surface area contributed by atoms with E-state index in [4.69, 9.17) is 21.1 Å². The van der Waals surface area contributed by atoms with Gasteiger partial charge < -0.3 is 9.47 Å². The van der Waals surface area contributed by atoms with E-state index in [0.717, 1.165) is 17.1 Å². The fourth-order valence-corrected chi connectivity index (χ4v) is 2.39. The molecule has 122 valence electrons. The molecular weight excluding hydrogens is 315 g/mol. The highest BCUT2D eigenvalue weighted by molar-refractivity contribution is 6.28. The average Bonchev–Trinajstić information content (AvgIpc) is 2.47. The summed E-state index contributed by atoms with van der Waals surface area (Å²) in [5, 5.41) is -0.711. The highest BCUT2D eigenvalue weighted by Crippen LogP contribution is 2.24. The lowest BCUT2D eigenvalue weighted by atomic mass is 9.95. The number of halogens is 2. The van der Waals surface area contributed by atoms with Crippen molar-refractivity contribution >= 4 is 11.6 Å². The van der Waals surface area contributed by atoms with Crippen LogP contribution in [-0.4, -0.2) is 6.61 Å². The first-order valence-corrected chi connectivity index (χ1v) is 7.76. The lowest BCUT2D eigenvalue weighted by molar-refractivity contribution is 0.0711. The smallest absolute Gasteiger partial charge is 0.185 e. The van der Waals surface area contributed by atoms with Crippen LogP contribution < -0.4 is 4.74 Å². The summed E-state index contributed by atoms with van der Waals surface area (Å²) in [5.41, 5.74) is 0.536. The third-order valence-corrected chi connectivity index (χ3v) is 3.23. The van der Waals surface area contributed by atoms with Crippen LogP contribution in [0, 0.1) is 5.41 Å². The van der Waals surface area contributed by atoms with Crippen molar-refractivity contribution in [2.24, 2.45) is 5.41 Å². The molecule has 2 aromatic rings. The Morgan fingerprint density at radius 3 is 2.48 bits per heavy atom. The first kappa shape index (κ1) is 17.5. The van der Waals surface area contributed by atoms with E-state index in [1.54, 1.807) is 0 Å². The molecule has 2 rings (SSSR count). The molecule has 0 atom stereocenters. The van der Waals surface area contributed by atoms with Crippen LogP contribution in [0.15, 0.2) is 66.0 Å². The molecule has 0 aromatic heterocycles. The second-order valence-electron chi connectivity index (χ2n) is 5.98. The molecule has 0 saturated heterocycles. The number of hydrogen-bond acceptors (Lipinski definition) is 2. The highest BCUT2D eigenvalue weighted by atomic mass is 35.5. The Labute approximate surface area is 141 Å². The molecule has 0 N–H and O–H groups in total. The van der Waals surface area contributed by atoms with E-state index in [1.165, 1.54) is 6.08 Å². The quantitative estimate of drug-likeness (QED) is 0.611. The third kappa shape index (κ3) is 6.43. The topological polar surface area (TPSA) is 18.5 Å². The summed E-state index contributed by atoms with van der Waals surface area (Å²) in [6, 6.07) is 17.3. The van der Waals surface area contributed by atoms with Crippen molar-refractivity contribution in [3.63, 3.8) is 0 Å². The molecule has 0 aliphatic rings. The van der Waals surface area contributed by atoms with Gasteiger partial charge in [-0.25, -0.2) is 0 Å². The van der Waals surface area contributed by atoms with Crippen LogP contribution >= 0.6 is 11.6 Å². The molecule has 2 aromatic carbocycles. The molecule has 0 aliphatic heterocycles. The van der Waals surface area contributed by atoms with Crippen molar-refractivity contribution in [2.75, 3.05) is 6.61 Å². The summed E-state index contributed by atoms with van der Waals surface area (Å²) >= 11 is 5.28. The van der Waals surface area contributed by atoms with Gasteiger partial charge >= 0.3 is 0 Å². The van der Waals surface area contributed by atoms with Gasteiger partial charge in [0.2, 0.25) is 0 Å². The molecule has 0 spiro atoms. The fourth-order valence-electron chi connectivity index (χ4n) is 2.09. The first-order chi connectivity index (χ1) is 10.9. The fraction of sp³-hybridized carbons (Fsp3) is 0.263. The number of benzene rings is 2. The lowest BCUT2D eigenvalue weighted by Crippen LogP contribution is -2.16. The van der Waals surface area contributed by atoms with Crippen LogP contribution in [0.5, 0.6) is 11.5 Å². The second-order valence-corrected chi connectivity index (χ2v) is 6.34. The molecule has 0 aliphatic carbocycles. The van der Waals surface area contributed by atoms with E-state index in [9.17, 15) is 4.39 Å². The van der Waals surface area contributed by atoms with E-state index in [2.05, 4.69) is 0 Å². The van der Waals surface area contributed by atoms with Crippen molar-refractivity contribution in [3.8, 4) is 11.5 Å². The van der Waals surface area contributed by atoms with E-state index < -0.39 is 10.7 Å². The van der Waals surface area contributed by atoms with Gasteiger partial charge in [0, 0.05) is 5.41 Å². The molecule has 0 unspecified atom stereocenters. The molecule has 0 amide bonds. The Kier molecular flexibility index (Phi) is 6.20. The molecule has 4 heteroatoms. The zero-order chi connectivity index (χ0) is 16.7. The lowest BCUT2D eigenvalue weighted by Gasteiger charge is -2.19. The predicted octanol–water partition coefficient (Wildman–Crippen LogP) is 6.07. The van der Waals surface area contributed by atoms with E-state index >= 15 is 0 Å². The van der Waals surface area contributed by atoms with Crippen LogP contribution in [0.1, 0.15) is 19.4 Å². The van der Waals surface area contributed by atoms with Crippen molar-refractivity contribution < 1.29 is 13.9 Å². The van der Waals surface area contributed by atoms with Crippen LogP contribution in [0.2, 0.25) is 0 Å². The third-order valence-electron chi connectivity index (χ3n) is 3.12. The molecule has 0 radical (unpaired) electrons. The molecular formula is C19H20ClFO2. The standard InChI is InChI=1S/C19H20ClFO2/c1-19(2,12-18(20)21)14-22-13-15-7-6-10-17(11-15)23-16-8-4-3-5-9-16/h3-12H,13-14H2,1-2H3/b18-12+. The number of ether oxygens (including phenoxy) is 2. The molecule has 2 nitrogen and oxygen atoms in total. The zero-order valence-corrected chi connectivity index (χ0v) is 14.0. The summed E-state index contributed by atoms with van der Waals surface area (Å²) < 4.78 is 24.2. The van der Waals surface area contributed by atoms with Gasteiger partial charge in [0.15, 0.2) is 5.29 Å². The van der Waals surface area contributed by atoms with E-state index in [0.29, 0.717) is 13.2 Å². The zero-order valence-electron chi connectivity index (χ0n) is 13.3. The van der Waals surface area contributed by atoms with Gasteiger partial charge in [-0.1, -0.05) is 55.8 Å². The highest BCUT2D eigenvalue weighted by Gasteiger charge is 2.16. The van der Waals surface area contributed by atoms with Crippen molar-refractivity contribution in [1.29, 1.82) is 0 Å². The summed E-state index contributed by atoms with van der Waals surface area (Å²) in [6.45, 7) is 4.53. The molecule has 0 saturated carbocycles. The summed E-state index contributed by atoms with van der Waals surface area (Å²) in [7, 11) is 0. The van der Waals surface area contributed by atoms with E-state index in [-0.39, 0.29) is 0 Å². The van der Waals surface area contributed by atoms with Crippen LogP contribution in [-0.2, 0) is 11.3 Å². The molecule has 0 heterocycles. The minimum Gasteiger partial charge on any atom is -0.457 e. The number of rotatable bonds is 7. The Morgan fingerprint density at radius 2 is 1.78 bits per heavy atom. The van der Waals surface area contributed by atoms with Gasteiger partial charge in [0.05, 0.1) is 13.2 Å². The Bertz CT molecular complexity index is 649. The van der Waals surface area contributed by atoms with Crippen molar-refractivity contribution in [3.05, 3.63) is 71.5 Å². The molecule has 23 heavy (non-hydrogen) atoms. The average molecular weight is 335 g/mol. The van der Waals surface area contributed by atoms with Gasteiger partial charge in [-0.2, -0.15) is 4.39 Å². The maximum absolute atomic E-state index is 12.8. The largest absolute Gasteiger partial charge is 0.457 e. The van der Waals surface area contributed by atoms with Gasteiger partial charge in [0.1, 0.15) is 11.5 Å². The molecule has 0 bridgehead atoms.